The van der Waals surface area contributed by atoms with Crippen LogP contribution in [-0.2, 0) is 4.74 Å². The second-order valence-corrected chi connectivity index (χ2v) is 11.1. The van der Waals surface area contributed by atoms with E-state index >= 15 is 0 Å². The molecule has 1 aromatic heterocycles. The first kappa shape index (κ1) is 30.5. The molecule has 39 heavy (non-hydrogen) atoms. The highest BCUT2D eigenvalue weighted by atomic mass is 16.5. The molecular weight excluding hydrogens is 496 g/mol. The number of nitrogens with one attached hydrogen (secondary N) is 4. The Kier molecular flexibility index (Phi) is 12.2. The lowest BCUT2D eigenvalue weighted by Crippen LogP contribution is -2.39. The standard InChI is InChI=1S/C27H48N10O2/c1-17-8-10-21(19(3)14-17)31-16-32-23(35-26(28-5)38-6)29-12-13-30-24-34-25(37-27(36-24)39-7)33-22-11-9-18(2)15-20(22)4/h17-22,31H,5,8-16H2,1-4,6-7H3,(H,29,32)(H2,30,33,34,36,37)/b35-26+. The third-order valence-electron chi connectivity index (χ3n) is 7.77. The van der Waals surface area contributed by atoms with Gasteiger partial charge in [-0.15, -0.1) is 0 Å². The molecule has 2 saturated carbocycles. The van der Waals surface area contributed by atoms with Crippen LogP contribution in [0.1, 0.15) is 66.2 Å². The molecule has 0 saturated heterocycles. The molecule has 4 N–H and O–H groups in total. The number of methoxy groups -OCH3 is 2. The van der Waals surface area contributed by atoms with Gasteiger partial charge >= 0.3 is 12.0 Å². The van der Waals surface area contributed by atoms with Crippen molar-refractivity contribution in [2.45, 2.75) is 78.3 Å². The van der Waals surface area contributed by atoms with Crippen molar-refractivity contribution in [3.8, 4) is 6.01 Å². The van der Waals surface area contributed by atoms with Crippen molar-refractivity contribution in [1.29, 1.82) is 0 Å². The second kappa shape index (κ2) is 15.5. The van der Waals surface area contributed by atoms with Crippen molar-refractivity contribution in [1.82, 2.24) is 25.6 Å². The summed E-state index contributed by atoms with van der Waals surface area (Å²) in [6, 6.07) is 1.21. The molecule has 6 unspecified atom stereocenters. The monoisotopic (exact) mass is 544 g/mol. The summed E-state index contributed by atoms with van der Waals surface area (Å²) >= 11 is 0. The molecule has 3 rings (SSSR count). The van der Waals surface area contributed by atoms with Crippen LogP contribution in [0.2, 0.25) is 0 Å². The molecule has 0 aromatic carbocycles. The molecule has 0 aliphatic heterocycles. The summed E-state index contributed by atoms with van der Waals surface area (Å²) in [7, 11) is 3.06. The van der Waals surface area contributed by atoms with E-state index in [2.05, 4.69) is 85.6 Å². The van der Waals surface area contributed by atoms with Gasteiger partial charge in [-0.1, -0.05) is 27.7 Å². The van der Waals surface area contributed by atoms with E-state index in [1.165, 1.54) is 32.8 Å². The minimum atomic E-state index is 0.151. The largest absolute Gasteiger partial charge is 0.467 e. The predicted molar refractivity (Wildman–Crippen MR) is 158 cm³/mol. The summed E-state index contributed by atoms with van der Waals surface area (Å²) in [5.74, 6) is 4.10. The summed E-state index contributed by atoms with van der Waals surface area (Å²) in [5, 5.41) is 13.5. The Morgan fingerprint density at radius 1 is 0.897 bits per heavy atom. The van der Waals surface area contributed by atoms with E-state index in [0.29, 0.717) is 61.5 Å². The lowest BCUT2D eigenvalue weighted by atomic mass is 9.80. The Balaban J connectivity index is 1.55. The minimum Gasteiger partial charge on any atom is -0.467 e. The molecule has 0 spiro atoms. The number of hydrogen-bond acceptors (Lipinski definition) is 9. The number of hydrogen-bond donors (Lipinski definition) is 4. The molecule has 12 heteroatoms. The number of aliphatic imine (C=N–C) groups is 3. The Bertz CT molecular complexity index is 972. The van der Waals surface area contributed by atoms with E-state index in [-0.39, 0.29) is 12.0 Å². The molecule has 6 atom stereocenters. The van der Waals surface area contributed by atoms with Gasteiger partial charge in [0.05, 0.1) is 20.9 Å². The van der Waals surface area contributed by atoms with Gasteiger partial charge in [0.1, 0.15) is 0 Å². The minimum absolute atomic E-state index is 0.151. The topological polar surface area (TPSA) is 142 Å². The van der Waals surface area contributed by atoms with Crippen LogP contribution in [0.4, 0.5) is 11.9 Å². The third kappa shape index (κ3) is 9.90. The zero-order chi connectivity index (χ0) is 28.2. The van der Waals surface area contributed by atoms with Crippen LogP contribution in [0.15, 0.2) is 15.0 Å². The van der Waals surface area contributed by atoms with Crippen molar-refractivity contribution in [3.05, 3.63) is 0 Å². The van der Waals surface area contributed by atoms with Crippen molar-refractivity contribution in [2.75, 3.05) is 44.6 Å². The molecule has 1 aromatic rings. The fraction of sp³-hybridized carbons (Fsp3) is 0.778. The van der Waals surface area contributed by atoms with Crippen LogP contribution in [0.3, 0.4) is 0 Å². The molecule has 2 fully saturated rings. The second-order valence-electron chi connectivity index (χ2n) is 11.1. The fourth-order valence-corrected chi connectivity index (χ4v) is 5.56. The van der Waals surface area contributed by atoms with Gasteiger partial charge in [0.25, 0.3) is 0 Å². The fourth-order valence-electron chi connectivity index (χ4n) is 5.56. The smallest absolute Gasteiger partial charge is 0.322 e. The lowest BCUT2D eigenvalue weighted by molar-refractivity contribution is 0.230. The molecule has 12 nitrogen and oxygen atoms in total. The van der Waals surface area contributed by atoms with Crippen molar-refractivity contribution >= 4 is 30.6 Å². The van der Waals surface area contributed by atoms with Gasteiger partial charge in [-0.2, -0.15) is 19.9 Å². The number of rotatable bonds is 10. The molecule has 0 amide bonds. The van der Waals surface area contributed by atoms with Crippen LogP contribution in [0.25, 0.3) is 0 Å². The molecule has 2 aliphatic carbocycles. The van der Waals surface area contributed by atoms with Crippen molar-refractivity contribution in [3.63, 3.8) is 0 Å². The molecule has 218 valence electrons. The molecule has 0 bridgehead atoms. The maximum absolute atomic E-state index is 5.32. The van der Waals surface area contributed by atoms with Crippen molar-refractivity contribution in [2.24, 2.45) is 38.6 Å². The van der Waals surface area contributed by atoms with E-state index in [1.54, 1.807) is 7.11 Å². The van der Waals surface area contributed by atoms with E-state index in [4.69, 9.17) is 9.47 Å². The van der Waals surface area contributed by atoms with Crippen LogP contribution in [-0.4, -0.2) is 79.7 Å². The van der Waals surface area contributed by atoms with Crippen molar-refractivity contribution < 1.29 is 9.47 Å². The van der Waals surface area contributed by atoms with Gasteiger partial charge in [-0.05, 0) is 68.9 Å². The summed E-state index contributed by atoms with van der Waals surface area (Å²) in [6.45, 7) is 14.2. The van der Waals surface area contributed by atoms with Gasteiger partial charge in [-0.25, -0.2) is 9.98 Å². The molecule has 1 heterocycles. The first-order valence-electron chi connectivity index (χ1n) is 14.2. The molecular formula is C27H48N10O2. The summed E-state index contributed by atoms with van der Waals surface area (Å²) < 4.78 is 10.5. The summed E-state index contributed by atoms with van der Waals surface area (Å²) in [5.41, 5.74) is 0. The summed E-state index contributed by atoms with van der Waals surface area (Å²) in [6.07, 6.45) is 7.14. The van der Waals surface area contributed by atoms with E-state index in [0.717, 1.165) is 24.7 Å². The average Bonchev–Trinajstić information content (AvgIpc) is 2.91. The number of nitrogens with zero attached hydrogens (tertiary/aromatic N) is 6. The normalized spacial score (nSPS) is 27.9. The predicted octanol–water partition coefficient (Wildman–Crippen LogP) is 3.55. The zero-order valence-corrected chi connectivity index (χ0v) is 24.5. The van der Waals surface area contributed by atoms with Gasteiger partial charge in [0, 0.05) is 25.2 Å². The SMILES string of the molecule is C=N/C(=N\C(=N/CNC1CCC(C)CC1C)NCCNc1nc(NC2CCC(C)CC2C)nc(OC)n1)OC. The Labute approximate surface area is 233 Å². The first-order chi connectivity index (χ1) is 18.8. The number of anilines is 2. The van der Waals surface area contributed by atoms with Crippen LogP contribution in [0.5, 0.6) is 6.01 Å². The molecule has 2 aliphatic rings. The highest BCUT2D eigenvalue weighted by molar-refractivity contribution is 5.93. The van der Waals surface area contributed by atoms with E-state index in [9.17, 15) is 0 Å². The van der Waals surface area contributed by atoms with Crippen LogP contribution < -0.4 is 26.0 Å². The Morgan fingerprint density at radius 2 is 1.56 bits per heavy atom. The number of guanidine groups is 1. The number of ether oxygens (including phenoxy) is 2. The number of amidine groups is 1. The maximum atomic E-state index is 5.32. The number of aromatic nitrogens is 3. The zero-order valence-electron chi connectivity index (χ0n) is 24.5. The van der Waals surface area contributed by atoms with Crippen LogP contribution in [0, 0.1) is 23.7 Å². The Morgan fingerprint density at radius 3 is 2.18 bits per heavy atom. The van der Waals surface area contributed by atoms with Gasteiger partial charge in [-0.3, -0.25) is 5.32 Å². The first-order valence-corrected chi connectivity index (χ1v) is 14.2. The van der Waals surface area contributed by atoms with Gasteiger partial charge in [0.15, 0.2) is 0 Å². The van der Waals surface area contributed by atoms with Crippen LogP contribution >= 0.6 is 0 Å². The van der Waals surface area contributed by atoms with Gasteiger partial charge < -0.3 is 25.4 Å². The van der Waals surface area contributed by atoms with Gasteiger partial charge in [0.2, 0.25) is 17.9 Å². The summed E-state index contributed by atoms with van der Waals surface area (Å²) in [4.78, 5) is 26.1. The third-order valence-corrected chi connectivity index (χ3v) is 7.77. The lowest BCUT2D eigenvalue weighted by Gasteiger charge is -2.33. The maximum Gasteiger partial charge on any atom is 0.322 e. The highest BCUT2D eigenvalue weighted by Crippen LogP contribution is 2.30. The highest BCUT2D eigenvalue weighted by Gasteiger charge is 2.26. The van der Waals surface area contributed by atoms with E-state index in [1.807, 2.05) is 0 Å². The average molecular weight is 545 g/mol. The molecule has 0 radical (unpaired) electrons. The Hall–Kier alpha value is -3.02. The quantitative estimate of drug-likeness (QED) is 0.198. The van der Waals surface area contributed by atoms with E-state index < -0.39 is 0 Å².